The van der Waals surface area contributed by atoms with Crippen molar-refractivity contribution in [3.8, 4) is 5.75 Å². The van der Waals surface area contributed by atoms with Gasteiger partial charge in [0.25, 0.3) is 0 Å². The third-order valence-corrected chi connectivity index (χ3v) is 7.64. The van der Waals surface area contributed by atoms with Crippen LogP contribution >= 0.6 is 11.6 Å². The summed E-state index contributed by atoms with van der Waals surface area (Å²) in [5, 5.41) is 40.5. The van der Waals surface area contributed by atoms with E-state index in [1.54, 1.807) is 25.1 Å². The molecule has 10 heteroatoms. The number of ether oxygens (including phenoxy) is 1. The molecule has 0 bridgehead atoms. The van der Waals surface area contributed by atoms with Gasteiger partial charge in [-0.2, -0.15) is 0 Å². The van der Waals surface area contributed by atoms with Crippen molar-refractivity contribution < 1.29 is 34.6 Å². The third-order valence-electron chi connectivity index (χ3n) is 7.31. The lowest BCUT2D eigenvalue weighted by Gasteiger charge is -2.43. The van der Waals surface area contributed by atoms with Gasteiger partial charge in [0.1, 0.15) is 5.75 Å². The lowest BCUT2D eigenvalue weighted by molar-refractivity contribution is -0.265. The van der Waals surface area contributed by atoms with E-state index >= 15 is 0 Å². The standard InChI is InChI=1S/C23H23BClNO7/c1-11-7-16-20(22(29)26(21(16)28)13-4-2-3-12(8-13)24(31)32)17-10-19(33-23(11,17)30)15-6-5-14(27)9-18(15)25/h2-6,8-9,11,16-17,19-20,27,30-32H,7,10H2,1H3/t11-,16-,17-,19-,20-,23+/m0/s1. The molecule has 0 spiro atoms. The van der Waals surface area contributed by atoms with Gasteiger partial charge in [-0.15, -0.1) is 0 Å². The minimum absolute atomic E-state index is 0.00810. The summed E-state index contributed by atoms with van der Waals surface area (Å²) in [4.78, 5) is 27.9. The number of benzene rings is 2. The fraction of sp³-hybridized carbons (Fsp3) is 0.391. The molecule has 0 unspecified atom stereocenters. The van der Waals surface area contributed by atoms with Gasteiger partial charge in [0, 0.05) is 11.8 Å². The van der Waals surface area contributed by atoms with Crippen LogP contribution in [0.2, 0.25) is 5.02 Å². The van der Waals surface area contributed by atoms with E-state index in [4.69, 9.17) is 16.3 Å². The van der Waals surface area contributed by atoms with E-state index < -0.39 is 48.6 Å². The van der Waals surface area contributed by atoms with Crippen molar-refractivity contribution in [1.82, 2.24) is 0 Å². The highest BCUT2D eigenvalue weighted by atomic mass is 35.5. The van der Waals surface area contributed by atoms with Crippen LogP contribution < -0.4 is 10.4 Å². The Hall–Kier alpha value is -2.43. The summed E-state index contributed by atoms with van der Waals surface area (Å²) in [6.07, 6.45) is -0.0367. The molecule has 33 heavy (non-hydrogen) atoms. The van der Waals surface area contributed by atoms with Gasteiger partial charge >= 0.3 is 7.12 Å². The highest BCUT2D eigenvalue weighted by molar-refractivity contribution is 6.58. The molecular weight excluding hydrogens is 449 g/mol. The topological polar surface area (TPSA) is 128 Å². The second-order valence-corrected chi connectivity index (χ2v) is 9.56. The summed E-state index contributed by atoms with van der Waals surface area (Å²) in [5.41, 5.74) is 1.02. The molecule has 2 amide bonds. The van der Waals surface area contributed by atoms with E-state index in [1.165, 1.54) is 24.3 Å². The van der Waals surface area contributed by atoms with Gasteiger partial charge in [-0.25, -0.2) is 0 Å². The molecule has 5 rings (SSSR count). The van der Waals surface area contributed by atoms with Crippen LogP contribution in [0.15, 0.2) is 42.5 Å². The van der Waals surface area contributed by atoms with Gasteiger partial charge in [-0.1, -0.05) is 36.7 Å². The molecule has 0 aromatic heterocycles. The Labute approximate surface area is 195 Å². The largest absolute Gasteiger partial charge is 0.508 e. The summed E-state index contributed by atoms with van der Waals surface area (Å²) in [7, 11) is -1.73. The Morgan fingerprint density at radius 3 is 2.58 bits per heavy atom. The van der Waals surface area contributed by atoms with Crippen molar-refractivity contribution in [2.24, 2.45) is 23.7 Å². The van der Waals surface area contributed by atoms with Gasteiger partial charge in [0.15, 0.2) is 5.79 Å². The Morgan fingerprint density at radius 1 is 1.12 bits per heavy atom. The van der Waals surface area contributed by atoms with Crippen LogP contribution in [0.25, 0.3) is 0 Å². The fourth-order valence-electron chi connectivity index (χ4n) is 5.69. The average molecular weight is 472 g/mol. The van der Waals surface area contributed by atoms with Crippen LogP contribution in [0, 0.1) is 23.7 Å². The number of aliphatic hydroxyl groups is 1. The van der Waals surface area contributed by atoms with Crippen LogP contribution in [-0.2, 0) is 14.3 Å². The molecule has 3 fully saturated rings. The molecule has 8 nitrogen and oxygen atoms in total. The number of halogens is 1. The molecule has 2 aliphatic heterocycles. The van der Waals surface area contributed by atoms with Gasteiger partial charge in [0.05, 0.1) is 28.6 Å². The lowest BCUT2D eigenvalue weighted by Crippen LogP contribution is -2.52. The molecule has 2 saturated heterocycles. The number of carbonyl (C=O) groups excluding carboxylic acids is 2. The van der Waals surface area contributed by atoms with Gasteiger partial charge in [-0.05, 0) is 48.1 Å². The lowest BCUT2D eigenvalue weighted by atomic mass is 9.65. The highest BCUT2D eigenvalue weighted by Gasteiger charge is 2.66. The first-order chi connectivity index (χ1) is 15.6. The summed E-state index contributed by atoms with van der Waals surface area (Å²) < 4.78 is 6.10. The number of fused-ring (bicyclic) bond motifs is 3. The summed E-state index contributed by atoms with van der Waals surface area (Å²) >= 11 is 6.30. The van der Waals surface area contributed by atoms with Crippen LogP contribution in [0.3, 0.4) is 0 Å². The molecule has 172 valence electrons. The van der Waals surface area contributed by atoms with Crippen molar-refractivity contribution in [2.75, 3.05) is 4.90 Å². The van der Waals surface area contributed by atoms with E-state index in [1.807, 2.05) is 0 Å². The predicted molar refractivity (Wildman–Crippen MR) is 120 cm³/mol. The SMILES string of the molecule is C[C@H]1C[C@@H]2C(=O)N(c3cccc(B(O)O)c3)C(=O)[C@@H]2[C@@H]2C[C@@H](c3ccc(O)cc3Cl)O[C@]12O. The normalized spacial score (nSPS) is 33.2. The first-order valence-corrected chi connectivity index (χ1v) is 11.2. The minimum atomic E-state index is -1.73. The quantitative estimate of drug-likeness (QED) is 0.393. The predicted octanol–water partition coefficient (Wildman–Crippen LogP) is 1.34. The van der Waals surface area contributed by atoms with Gasteiger partial charge in [0.2, 0.25) is 11.8 Å². The Kier molecular flexibility index (Phi) is 5.30. The summed E-state index contributed by atoms with van der Waals surface area (Å²) in [5.74, 6) is -4.84. The zero-order valence-corrected chi connectivity index (χ0v) is 18.5. The smallest absolute Gasteiger partial charge is 0.488 e. The number of aromatic hydroxyl groups is 1. The maximum atomic E-state index is 13.5. The number of anilines is 1. The van der Waals surface area contributed by atoms with E-state index in [0.717, 1.165) is 4.90 Å². The van der Waals surface area contributed by atoms with E-state index in [9.17, 15) is 29.9 Å². The van der Waals surface area contributed by atoms with Gasteiger partial charge < -0.3 is 25.0 Å². The van der Waals surface area contributed by atoms with Crippen LogP contribution in [0.1, 0.15) is 31.4 Å². The van der Waals surface area contributed by atoms with Gasteiger partial charge in [-0.3, -0.25) is 14.5 Å². The molecule has 1 aliphatic carbocycles. The van der Waals surface area contributed by atoms with Crippen molar-refractivity contribution in [3.63, 3.8) is 0 Å². The second-order valence-electron chi connectivity index (χ2n) is 9.16. The number of amides is 2. The summed E-state index contributed by atoms with van der Waals surface area (Å²) in [6.45, 7) is 1.80. The Bertz CT molecular complexity index is 1140. The summed E-state index contributed by atoms with van der Waals surface area (Å²) in [6, 6.07) is 10.5. The first kappa shape index (κ1) is 22.4. The maximum absolute atomic E-state index is 13.5. The Balaban J connectivity index is 1.50. The Morgan fingerprint density at radius 2 is 1.88 bits per heavy atom. The van der Waals surface area contributed by atoms with Crippen molar-refractivity contribution in [2.45, 2.75) is 31.7 Å². The highest BCUT2D eigenvalue weighted by Crippen LogP contribution is 2.58. The molecule has 2 aromatic rings. The van der Waals surface area contributed by atoms with E-state index in [2.05, 4.69) is 0 Å². The monoisotopic (exact) mass is 471 g/mol. The second kappa shape index (κ2) is 7.82. The van der Waals surface area contributed by atoms with E-state index in [0.29, 0.717) is 10.6 Å². The fourth-order valence-corrected chi connectivity index (χ4v) is 5.99. The molecule has 0 radical (unpaired) electrons. The van der Waals surface area contributed by atoms with Crippen LogP contribution in [-0.4, -0.2) is 45.0 Å². The van der Waals surface area contributed by atoms with Crippen molar-refractivity contribution >= 4 is 41.7 Å². The van der Waals surface area contributed by atoms with Crippen molar-refractivity contribution in [3.05, 3.63) is 53.1 Å². The number of hydrogen-bond acceptors (Lipinski definition) is 7. The van der Waals surface area contributed by atoms with E-state index in [-0.39, 0.29) is 35.6 Å². The molecule has 4 N–H and O–H groups in total. The number of phenols is 1. The number of hydrogen-bond donors (Lipinski definition) is 4. The van der Waals surface area contributed by atoms with Crippen molar-refractivity contribution in [1.29, 1.82) is 0 Å². The average Bonchev–Trinajstić information content (AvgIpc) is 3.23. The number of nitrogens with zero attached hydrogens (tertiary/aromatic N) is 1. The minimum Gasteiger partial charge on any atom is -0.508 e. The molecular formula is C23H23BClNO7. The zero-order valence-electron chi connectivity index (χ0n) is 17.8. The van der Waals surface area contributed by atoms with Crippen LogP contribution in [0.5, 0.6) is 5.75 Å². The molecule has 2 heterocycles. The number of phenolic OH excluding ortho intramolecular Hbond substituents is 1. The number of rotatable bonds is 3. The number of imide groups is 1. The maximum Gasteiger partial charge on any atom is 0.488 e. The molecule has 6 atom stereocenters. The number of carbonyl (C=O) groups is 2. The van der Waals surface area contributed by atoms with Crippen LogP contribution in [0.4, 0.5) is 5.69 Å². The first-order valence-electron chi connectivity index (χ1n) is 10.8. The molecule has 2 aromatic carbocycles. The third kappa shape index (κ3) is 3.38. The zero-order chi connectivity index (χ0) is 23.7. The molecule has 3 aliphatic rings. The molecule has 1 saturated carbocycles.